The van der Waals surface area contributed by atoms with E-state index in [1.54, 1.807) is 18.2 Å². The number of benzene rings is 1. The van der Waals surface area contributed by atoms with Crippen LogP contribution < -0.4 is 11.1 Å². The quantitative estimate of drug-likeness (QED) is 0.337. The number of nitrogens with one attached hydrogen (secondary N) is 1. The average Bonchev–Trinajstić information content (AvgIpc) is 3.06. The van der Waals surface area contributed by atoms with Crippen molar-refractivity contribution >= 4 is 13.0 Å². The molecular formula is C15H22BFN6O3. The lowest BCUT2D eigenvalue weighted by Gasteiger charge is -2.12. The molecule has 26 heavy (non-hydrogen) atoms. The Kier molecular flexibility index (Phi) is 7.63. The summed E-state index contributed by atoms with van der Waals surface area (Å²) in [6.45, 7) is -0.0572. The van der Waals surface area contributed by atoms with Crippen LogP contribution in [-0.2, 0) is 17.9 Å². The van der Waals surface area contributed by atoms with Crippen molar-refractivity contribution in [1.29, 1.82) is 0 Å². The van der Waals surface area contributed by atoms with Crippen LogP contribution in [0.25, 0.3) is 0 Å². The van der Waals surface area contributed by atoms with Crippen LogP contribution in [0, 0.1) is 5.82 Å². The zero-order valence-corrected chi connectivity index (χ0v) is 14.3. The van der Waals surface area contributed by atoms with Gasteiger partial charge in [-0.2, -0.15) is 0 Å². The summed E-state index contributed by atoms with van der Waals surface area (Å²) in [5.74, 6) is -0.376. The summed E-state index contributed by atoms with van der Waals surface area (Å²) in [5, 5.41) is 31.4. The van der Waals surface area contributed by atoms with Crippen LogP contribution >= 0.6 is 0 Å². The second-order valence-corrected chi connectivity index (χ2v) is 5.93. The minimum Gasteiger partial charge on any atom is -0.427 e. The van der Waals surface area contributed by atoms with Gasteiger partial charge in [0.1, 0.15) is 12.4 Å². The lowest BCUT2D eigenvalue weighted by molar-refractivity contribution is -0.122. The molecular weight excluding hydrogens is 342 g/mol. The summed E-state index contributed by atoms with van der Waals surface area (Å²) in [5.41, 5.74) is 6.44. The van der Waals surface area contributed by atoms with E-state index in [2.05, 4.69) is 20.8 Å². The molecule has 0 radical (unpaired) electrons. The van der Waals surface area contributed by atoms with Crippen LogP contribution in [0.15, 0.2) is 24.3 Å². The molecule has 1 atom stereocenters. The van der Waals surface area contributed by atoms with E-state index >= 15 is 0 Å². The number of tetrazole rings is 1. The molecule has 0 fully saturated rings. The van der Waals surface area contributed by atoms with Gasteiger partial charge in [-0.3, -0.25) is 4.79 Å². The van der Waals surface area contributed by atoms with E-state index in [0.29, 0.717) is 30.7 Å². The van der Waals surface area contributed by atoms with Gasteiger partial charge in [0.15, 0.2) is 5.82 Å². The monoisotopic (exact) mass is 364 g/mol. The van der Waals surface area contributed by atoms with Crippen LogP contribution in [0.3, 0.4) is 0 Å². The Morgan fingerprint density at radius 2 is 2.12 bits per heavy atom. The molecule has 0 bridgehead atoms. The molecule has 0 aliphatic rings. The number of amides is 1. The van der Waals surface area contributed by atoms with Crippen molar-refractivity contribution in [3.8, 4) is 0 Å². The highest BCUT2D eigenvalue weighted by atomic mass is 19.1. The van der Waals surface area contributed by atoms with E-state index < -0.39 is 13.2 Å². The predicted molar refractivity (Wildman–Crippen MR) is 91.8 cm³/mol. The Balaban J connectivity index is 1.83. The summed E-state index contributed by atoms with van der Waals surface area (Å²) < 4.78 is 14.9. The Morgan fingerprint density at radius 1 is 1.35 bits per heavy atom. The zero-order valence-electron chi connectivity index (χ0n) is 14.3. The minimum atomic E-state index is -1.32. The van der Waals surface area contributed by atoms with Gasteiger partial charge in [0.05, 0.1) is 6.04 Å². The first-order valence-corrected chi connectivity index (χ1v) is 8.35. The molecule has 1 aromatic heterocycles. The van der Waals surface area contributed by atoms with Gasteiger partial charge >= 0.3 is 7.12 Å². The van der Waals surface area contributed by atoms with Crippen molar-refractivity contribution in [2.75, 3.05) is 0 Å². The van der Waals surface area contributed by atoms with E-state index in [1.165, 1.54) is 10.7 Å². The van der Waals surface area contributed by atoms with E-state index in [-0.39, 0.29) is 31.1 Å². The van der Waals surface area contributed by atoms with Gasteiger partial charge in [-0.1, -0.05) is 31.0 Å². The normalized spacial score (nSPS) is 12.0. The molecule has 0 saturated carbocycles. The third-order valence-corrected chi connectivity index (χ3v) is 3.85. The molecule has 1 heterocycles. The average molecular weight is 364 g/mol. The fraction of sp³-hybridized carbons (Fsp3) is 0.467. The van der Waals surface area contributed by atoms with Gasteiger partial charge in [0, 0.05) is 12.1 Å². The van der Waals surface area contributed by atoms with Crippen LogP contribution in [0.5, 0.6) is 0 Å². The number of aromatic nitrogens is 4. The molecule has 0 aliphatic carbocycles. The Bertz CT molecular complexity index is 714. The smallest absolute Gasteiger partial charge is 0.427 e. The van der Waals surface area contributed by atoms with Crippen molar-refractivity contribution in [3.63, 3.8) is 0 Å². The first-order chi connectivity index (χ1) is 12.5. The molecule has 1 amide bonds. The largest absolute Gasteiger partial charge is 0.451 e. The predicted octanol–water partition coefficient (Wildman–Crippen LogP) is -0.229. The summed E-state index contributed by atoms with van der Waals surface area (Å²) in [6, 6.07) is 5.72. The third-order valence-electron chi connectivity index (χ3n) is 3.85. The molecule has 1 aromatic carbocycles. The molecule has 0 spiro atoms. The number of carbonyl (C=O) groups excluding carboxylic acids is 1. The number of hydrogen-bond acceptors (Lipinski definition) is 7. The van der Waals surface area contributed by atoms with E-state index in [9.17, 15) is 9.18 Å². The molecule has 11 heteroatoms. The van der Waals surface area contributed by atoms with Crippen molar-refractivity contribution in [3.05, 3.63) is 41.5 Å². The Morgan fingerprint density at radius 3 is 2.85 bits per heavy atom. The molecule has 5 N–H and O–H groups in total. The molecule has 140 valence electrons. The lowest BCUT2D eigenvalue weighted by atomic mass is 9.83. The Hall–Kier alpha value is -2.37. The van der Waals surface area contributed by atoms with Gasteiger partial charge in [0.25, 0.3) is 0 Å². The number of nitrogens with zero attached hydrogens (tertiary/aromatic N) is 4. The van der Waals surface area contributed by atoms with Gasteiger partial charge in [-0.25, -0.2) is 9.07 Å². The molecule has 2 rings (SSSR count). The van der Waals surface area contributed by atoms with Crippen LogP contribution in [0.4, 0.5) is 4.39 Å². The van der Waals surface area contributed by atoms with Crippen molar-refractivity contribution in [2.24, 2.45) is 5.73 Å². The van der Waals surface area contributed by atoms with Gasteiger partial charge in [0.2, 0.25) is 5.91 Å². The second kappa shape index (κ2) is 9.95. The maximum atomic E-state index is 13.5. The highest BCUT2D eigenvalue weighted by molar-refractivity contribution is 6.40. The lowest BCUT2D eigenvalue weighted by Crippen LogP contribution is -2.29. The number of halogens is 1. The fourth-order valence-electron chi connectivity index (χ4n) is 2.44. The molecule has 1 unspecified atom stereocenters. The van der Waals surface area contributed by atoms with Crippen molar-refractivity contribution in [1.82, 2.24) is 25.5 Å². The number of nitrogens with two attached hydrogens (primary N) is 1. The third kappa shape index (κ3) is 6.17. The number of carbonyl (C=O) groups is 1. The molecule has 0 aliphatic heterocycles. The van der Waals surface area contributed by atoms with Crippen LogP contribution in [-0.4, -0.2) is 43.3 Å². The maximum absolute atomic E-state index is 13.5. The van der Waals surface area contributed by atoms with E-state index in [0.717, 1.165) is 0 Å². The first kappa shape index (κ1) is 20.0. The van der Waals surface area contributed by atoms with Crippen LogP contribution in [0.1, 0.15) is 36.7 Å². The van der Waals surface area contributed by atoms with E-state index in [1.807, 2.05) is 0 Å². The Labute approximate surface area is 150 Å². The second-order valence-electron chi connectivity index (χ2n) is 5.93. The van der Waals surface area contributed by atoms with Gasteiger partial charge in [-0.05, 0) is 29.2 Å². The minimum absolute atomic E-state index is 0.0680. The first-order valence-electron chi connectivity index (χ1n) is 8.35. The fourth-order valence-corrected chi connectivity index (χ4v) is 2.44. The van der Waals surface area contributed by atoms with Gasteiger partial charge < -0.3 is 21.1 Å². The maximum Gasteiger partial charge on any atom is 0.451 e. The summed E-state index contributed by atoms with van der Waals surface area (Å²) >= 11 is 0. The van der Waals surface area contributed by atoms with E-state index in [4.69, 9.17) is 15.8 Å². The number of hydrogen-bond donors (Lipinski definition) is 4. The highest BCUT2D eigenvalue weighted by Crippen LogP contribution is 2.15. The van der Waals surface area contributed by atoms with Crippen molar-refractivity contribution < 1.29 is 19.2 Å². The standard InChI is InChI=1S/C15H22BFN6O3/c17-12-6-2-1-5-11(12)9-19-14(24)10-23-15(20-21-22-23)13(18)7-3-4-8-16(25)26/h1-2,5-6,13,25-26H,3-4,7-10,18H2,(H,19,24). The number of rotatable bonds is 10. The SMILES string of the molecule is NC(CCCCB(O)O)c1nnnn1CC(=O)NCc1ccccc1F. The zero-order chi connectivity index (χ0) is 18.9. The van der Waals surface area contributed by atoms with Crippen molar-refractivity contribution in [2.45, 2.75) is 44.7 Å². The molecule has 0 saturated heterocycles. The van der Waals surface area contributed by atoms with Gasteiger partial charge in [-0.15, -0.1) is 5.10 Å². The molecule has 2 aromatic rings. The summed E-state index contributed by atoms with van der Waals surface area (Å²) in [6.07, 6.45) is 2.10. The summed E-state index contributed by atoms with van der Waals surface area (Å²) in [4.78, 5) is 12.1. The molecule has 9 nitrogen and oxygen atoms in total. The summed E-state index contributed by atoms with van der Waals surface area (Å²) in [7, 11) is -1.32. The number of unbranched alkanes of at least 4 members (excludes halogenated alkanes) is 1. The topological polar surface area (TPSA) is 139 Å². The van der Waals surface area contributed by atoms with Crippen LogP contribution in [0.2, 0.25) is 6.32 Å². The highest BCUT2D eigenvalue weighted by Gasteiger charge is 2.17.